The average molecular weight is 360 g/mol. The number of hydrogen-bond donors (Lipinski definition) is 2. The first kappa shape index (κ1) is 16.2. The molecule has 138 valence electrons. The number of benzene rings is 1. The summed E-state index contributed by atoms with van der Waals surface area (Å²) in [6, 6.07) is 13.2. The van der Waals surface area contributed by atoms with Gasteiger partial charge in [0.2, 0.25) is 0 Å². The molecular weight excluding hydrogens is 336 g/mol. The summed E-state index contributed by atoms with van der Waals surface area (Å²) in [7, 11) is 2.16. The van der Waals surface area contributed by atoms with Crippen molar-refractivity contribution in [2.45, 2.75) is 19.4 Å². The highest BCUT2D eigenvalue weighted by atomic mass is 15.3. The summed E-state index contributed by atoms with van der Waals surface area (Å²) in [5.41, 5.74) is 2.09. The SMILES string of the molecule is CC1CCN(c2cc3ccccc3[nH]2)CC1N(C)c1ncnc2[nH]ccc12. The van der Waals surface area contributed by atoms with Gasteiger partial charge in [-0.25, -0.2) is 9.97 Å². The Kier molecular flexibility index (Phi) is 3.77. The number of piperidine rings is 1. The monoisotopic (exact) mass is 360 g/mol. The molecule has 0 aliphatic carbocycles. The first-order chi connectivity index (χ1) is 13.2. The number of aromatic amines is 2. The second-order valence-corrected chi connectivity index (χ2v) is 7.57. The first-order valence-corrected chi connectivity index (χ1v) is 9.54. The number of nitrogens with one attached hydrogen (secondary N) is 2. The van der Waals surface area contributed by atoms with E-state index in [0.29, 0.717) is 12.0 Å². The maximum absolute atomic E-state index is 4.59. The lowest BCUT2D eigenvalue weighted by Gasteiger charge is -2.42. The second-order valence-electron chi connectivity index (χ2n) is 7.57. The van der Waals surface area contributed by atoms with Crippen molar-refractivity contribution in [2.24, 2.45) is 5.92 Å². The maximum Gasteiger partial charge on any atom is 0.142 e. The summed E-state index contributed by atoms with van der Waals surface area (Å²) in [6.45, 7) is 4.39. The number of aromatic nitrogens is 4. The molecule has 1 aliphatic heterocycles. The van der Waals surface area contributed by atoms with E-state index in [0.717, 1.165) is 36.4 Å². The van der Waals surface area contributed by atoms with Crippen LogP contribution in [0, 0.1) is 5.92 Å². The molecule has 0 radical (unpaired) electrons. The van der Waals surface area contributed by atoms with Crippen molar-refractivity contribution >= 4 is 33.6 Å². The number of nitrogens with zero attached hydrogens (tertiary/aromatic N) is 4. The largest absolute Gasteiger partial charge is 0.356 e. The summed E-state index contributed by atoms with van der Waals surface area (Å²) in [4.78, 5) is 20.5. The van der Waals surface area contributed by atoms with Crippen molar-refractivity contribution in [1.82, 2.24) is 19.9 Å². The van der Waals surface area contributed by atoms with E-state index in [2.05, 4.69) is 80.1 Å². The predicted molar refractivity (Wildman–Crippen MR) is 110 cm³/mol. The van der Waals surface area contributed by atoms with Gasteiger partial charge in [-0.3, -0.25) is 0 Å². The highest BCUT2D eigenvalue weighted by Crippen LogP contribution is 2.31. The van der Waals surface area contributed by atoms with Crippen LogP contribution in [0.1, 0.15) is 13.3 Å². The Bertz CT molecular complexity index is 1050. The van der Waals surface area contributed by atoms with Crippen LogP contribution in [0.5, 0.6) is 0 Å². The molecule has 4 heterocycles. The van der Waals surface area contributed by atoms with E-state index < -0.39 is 0 Å². The predicted octanol–water partition coefficient (Wildman–Crippen LogP) is 3.79. The Balaban J connectivity index is 1.45. The first-order valence-electron chi connectivity index (χ1n) is 9.54. The van der Waals surface area contributed by atoms with Crippen LogP contribution in [0.4, 0.5) is 11.6 Å². The van der Waals surface area contributed by atoms with Crippen molar-refractivity contribution in [3.63, 3.8) is 0 Å². The second kappa shape index (κ2) is 6.30. The van der Waals surface area contributed by atoms with Gasteiger partial charge in [-0.2, -0.15) is 0 Å². The molecule has 1 aromatic carbocycles. The molecule has 27 heavy (non-hydrogen) atoms. The normalized spacial score (nSPS) is 20.4. The number of likely N-dealkylation sites (N-methyl/N-ethyl adjacent to an activating group) is 1. The summed E-state index contributed by atoms with van der Waals surface area (Å²) in [6.07, 6.45) is 4.73. The van der Waals surface area contributed by atoms with Gasteiger partial charge in [0.05, 0.1) is 11.4 Å². The van der Waals surface area contributed by atoms with Crippen LogP contribution in [0.3, 0.4) is 0 Å². The van der Waals surface area contributed by atoms with Crippen molar-refractivity contribution in [2.75, 3.05) is 29.9 Å². The molecule has 5 rings (SSSR count). The maximum atomic E-state index is 4.59. The zero-order chi connectivity index (χ0) is 18.4. The van der Waals surface area contributed by atoms with Crippen LogP contribution >= 0.6 is 0 Å². The molecule has 2 N–H and O–H groups in total. The number of anilines is 2. The summed E-state index contributed by atoms with van der Waals surface area (Å²) >= 11 is 0. The van der Waals surface area contributed by atoms with Crippen molar-refractivity contribution in [3.8, 4) is 0 Å². The summed E-state index contributed by atoms with van der Waals surface area (Å²) in [5.74, 6) is 2.80. The summed E-state index contributed by atoms with van der Waals surface area (Å²) < 4.78 is 0. The van der Waals surface area contributed by atoms with Crippen molar-refractivity contribution < 1.29 is 0 Å². The molecular formula is C21H24N6. The van der Waals surface area contributed by atoms with E-state index >= 15 is 0 Å². The van der Waals surface area contributed by atoms with Crippen LogP contribution in [0.25, 0.3) is 21.9 Å². The third-order valence-corrected chi connectivity index (χ3v) is 5.94. The molecule has 2 atom stereocenters. The van der Waals surface area contributed by atoms with E-state index in [1.165, 1.54) is 16.7 Å². The number of hydrogen-bond acceptors (Lipinski definition) is 4. The third kappa shape index (κ3) is 2.72. The van der Waals surface area contributed by atoms with Gasteiger partial charge >= 0.3 is 0 Å². The molecule has 6 nitrogen and oxygen atoms in total. The molecule has 0 amide bonds. The van der Waals surface area contributed by atoms with Crippen LogP contribution in [-0.2, 0) is 0 Å². The van der Waals surface area contributed by atoms with Gasteiger partial charge in [0.1, 0.15) is 23.6 Å². The van der Waals surface area contributed by atoms with E-state index in [9.17, 15) is 0 Å². The molecule has 1 fully saturated rings. The Morgan fingerprint density at radius 2 is 2.07 bits per heavy atom. The smallest absolute Gasteiger partial charge is 0.142 e. The zero-order valence-electron chi connectivity index (χ0n) is 15.7. The van der Waals surface area contributed by atoms with E-state index in [1.54, 1.807) is 6.33 Å². The fourth-order valence-electron chi connectivity index (χ4n) is 4.30. The third-order valence-electron chi connectivity index (χ3n) is 5.94. The van der Waals surface area contributed by atoms with E-state index in [-0.39, 0.29) is 0 Å². The lowest BCUT2D eigenvalue weighted by molar-refractivity contribution is 0.366. The molecule has 0 bridgehead atoms. The van der Waals surface area contributed by atoms with Gasteiger partial charge < -0.3 is 19.8 Å². The Morgan fingerprint density at radius 3 is 2.96 bits per heavy atom. The van der Waals surface area contributed by atoms with Crippen LogP contribution in [0.15, 0.2) is 48.9 Å². The molecule has 1 saturated heterocycles. The molecule has 2 unspecified atom stereocenters. The topological polar surface area (TPSA) is 63.8 Å². The Hall–Kier alpha value is -3.02. The Morgan fingerprint density at radius 1 is 1.19 bits per heavy atom. The van der Waals surface area contributed by atoms with Gasteiger partial charge in [0.25, 0.3) is 0 Å². The van der Waals surface area contributed by atoms with Gasteiger partial charge in [0.15, 0.2) is 0 Å². The van der Waals surface area contributed by atoms with Crippen LogP contribution in [-0.4, -0.2) is 46.1 Å². The minimum atomic E-state index is 0.387. The van der Waals surface area contributed by atoms with Gasteiger partial charge in [-0.05, 0) is 30.5 Å². The highest BCUT2D eigenvalue weighted by Gasteiger charge is 2.31. The van der Waals surface area contributed by atoms with Crippen molar-refractivity contribution in [1.29, 1.82) is 0 Å². The van der Waals surface area contributed by atoms with E-state index in [1.807, 2.05) is 6.20 Å². The lowest BCUT2D eigenvalue weighted by Crippen LogP contribution is -2.51. The van der Waals surface area contributed by atoms with Gasteiger partial charge in [-0.1, -0.05) is 25.1 Å². The molecule has 3 aromatic heterocycles. The van der Waals surface area contributed by atoms with Crippen LogP contribution < -0.4 is 9.80 Å². The molecule has 6 heteroatoms. The quantitative estimate of drug-likeness (QED) is 0.583. The molecule has 4 aromatic rings. The lowest BCUT2D eigenvalue weighted by atomic mass is 9.92. The fourth-order valence-corrected chi connectivity index (χ4v) is 4.30. The van der Waals surface area contributed by atoms with Gasteiger partial charge in [-0.15, -0.1) is 0 Å². The molecule has 0 saturated carbocycles. The van der Waals surface area contributed by atoms with Gasteiger partial charge in [0, 0.05) is 37.2 Å². The number of rotatable bonds is 3. The standard InChI is InChI=1S/C21H24N6/c1-14-8-10-27(19-11-15-5-3-4-6-17(15)25-19)12-18(14)26(2)21-16-7-9-22-20(16)23-13-24-21/h3-7,9,11,13-14,18,25H,8,10,12H2,1-2H3,(H,22,23,24). The highest BCUT2D eigenvalue weighted by molar-refractivity contribution is 5.87. The minimum absolute atomic E-state index is 0.387. The molecule has 0 spiro atoms. The van der Waals surface area contributed by atoms with Crippen LogP contribution in [0.2, 0.25) is 0 Å². The number of H-pyrrole nitrogens is 2. The number of fused-ring (bicyclic) bond motifs is 2. The molecule has 1 aliphatic rings. The Labute approximate surface area is 158 Å². The van der Waals surface area contributed by atoms with E-state index in [4.69, 9.17) is 0 Å². The zero-order valence-corrected chi connectivity index (χ0v) is 15.7. The number of para-hydroxylation sites is 1. The summed E-state index contributed by atoms with van der Waals surface area (Å²) in [5, 5.41) is 2.34. The minimum Gasteiger partial charge on any atom is -0.356 e. The van der Waals surface area contributed by atoms with Crippen molar-refractivity contribution in [3.05, 3.63) is 48.9 Å². The fraction of sp³-hybridized carbons (Fsp3) is 0.333. The average Bonchev–Trinajstić information content (AvgIpc) is 3.34.